The van der Waals surface area contributed by atoms with Gasteiger partial charge in [-0.3, -0.25) is 4.79 Å². The summed E-state index contributed by atoms with van der Waals surface area (Å²) < 4.78 is 2.08. The molecule has 1 aromatic rings. The van der Waals surface area contributed by atoms with E-state index in [4.69, 9.17) is 5.73 Å². The second kappa shape index (κ2) is 6.92. The Morgan fingerprint density at radius 2 is 2.20 bits per heavy atom. The lowest BCUT2D eigenvalue weighted by Gasteiger charge is -2.21. The Kier molecular flexibility index (Phi) is 5.23. The molecule has 2 rings (SSSR count). The summed E-state index contributed by atoms with van der Waals surface area (Å²) in [5.41, 5.74) is 5.32. The number of nitrogens with two attached hydrogens (primary N) is 1. The van der Waals surface area contributed by atoms with Crippen molar-refractivity contribution in [3.63, 3.8) is 0 Å². The highest BCUT2D eigenvalue weighted by molar-refractivity contribution is 8.00. The van der Waals surface area contributed by atoms with Gasteiger partial charge in [0.25, 0.3) is 0 Å². The van der Waals surface area contributed by atoms with Gasteiger partial charge >= 0.3 is 0 Å². The van der Waals surface area contributed by atoms with E-state index in [1.54, 1.807) is 6.92 Å². The van der Waals surface area contributed by atoms with Gasteiger partial charge in [-0.25, -0.2) is 0 Å². The van der Waals surface area contributed by atoms with Crippen LogP contribution in [0.5, 0.6) is 0 Å². The number of carbonyl (C=O) groups is 1. The van der Waals surface area contributed by atoms with Gasteiger partial charge in [0, 0.05) is 12.5 Å². The minimum atomic E-state index is -0.331. The smallest absolute Gasteiger partial charge is 0.230 e. The molecular weight excluding hydrogens is 272 g/mol. The molecule has 110 valence electrons. The van der Waals surface area contributed by atoms with Crippen LogP contribution in [0.3, 0.4) is 0 Å². The van der Waals surface area contributed by atoms with Crippen LogP contribution in [0.4, 0.5) is 0 Å². The Morgan fingerprint density at radius 1 is 1.50 bits per heavy atom. The average molecular weight is 294 g/mol. The van der Waals surface area contributed by atoms with Gasteiger partial charge < -0.3 is 10.3 Å². The second-order valence-electron chi connectivity index (χ2n) is 5.24. The van der Waals surface area contributed by atoms with Crippen LogP contribution in [0.2, 0.25) is 0 Å². The van der Waals surface area contributed by atoms with Crippen molar-refractivity contribution < 1.29 is 4.79 Å². The monoisotopic (exact) mass is 294 g/mol. The maximum atomic E-state index is 11.2. The molecule has 1 saturated carbocycles. The lowest BCUT2D eigenvalue weighted by molar-refractivity contribution is -0.117. The molecule has 1 aliphatic carbocycles. The third-order valence-corrected chi connectivity index (χ3v) is 4.81. The van der Waals surface area contributed by atoms with Crippen LogP contribution in [0, 0.1) is 0 Å². The molecule has 0 aromatic carbocycles. The minimum Gasteiger partial charge on any atom is -0.369 e. The lowest BCUT2D eigenvalue weighted by Crippen LogP contribution is -2.23. The van der Waals surface area contributed by atoms with Crippen molar-refractivity contribution in [1.82, 2.24) is 14.8 Å². The largest absolute Gasteiger partial charge is 0.369 e. The highest BCUT2D eigenvalue weighted by Gasteiger charge is 2.24. The Balaban J connectivity index is 2.21. The first kappa shape index (κ1) is 15.1. The summed E-state index contributed by atoms with van der Waals surface area (Å²) in [7, 11) is 0. The number of primary amides is 1. The third-order valence-electron chi connectivity index (χ3n) is 3.71. The SMILES string of the molecule is C=CCn1c(S[C@H](C)C(N)=O)nnc1C1CCCCC1. The number of amides is 1. The number of hydrogen-bond donors (Lipinski definition) is 1. The molecule has 5 nitrogen and oxygen atoms in total. The first-order valence-corrected chi connectivity index (χ1v) is 8.01. The maximum Gasteiger partial charge on any atom is 0.230 e. The molecule has 1 amide bonds. The highest BCUT2D eigenvalue weighted by Crippen LogP contribution is 2.33. The van der Waals surface area contributed by atoms with Crippen molar-refractivity contribution in [3.8, 4) is 0 Å². The fraction of sp³-hybridized carbons (Fsp3) is 0.643. The number of hydrogen-bond acceptors (Lipinski definition) is 4. The topological polar surface area (TPSA) is 73.8 Å². The van der Waals surface area contributed by atoms with E-state index in [1.165, 1.54) is 43.9 Å². The van der Waals surface area contributed by atoms with E-state index in [2.05, 4.69) is 21.3 Å². The molecule has 0 bridgehead atoms. The van der Waals surface area contributed by atoms with E-state index in [9.17, 15) is 4.79 Å². The van der Waals surface area contributed by atoms with Crippen LogP contribution in [0.25, 0.3) is 0 Å². The minimum absolute atomic E-state index is 0.304. The van der Waals surface area contributed by atoms with Gasteiger partial charge in [0.05, 0.1) is 5.25 Å². The van der Waals surface area contributed by atoms with E-state index in [0.29, 0.717) is 12.5 Å². The van der Waals surface area contributed by atoms with Gasteiger partial charge in [-0.1, -0.05) is 37.1 Å². The van der Waals surface area contributed by atoms with Gasteiger partial charge in [-0.15, -0.1) is 16.8 Å². The van der Waals surface area contributed by atoms with Gasteiger partial charge in [-0.05, 0) is 19.8 Å². The molecule has 1 aliphatic rings. The van der Waals surface area contributed by atoms with Gasteiger partial charge in [-0.2, -0.15) is 0 Å². The molecule has 2 N–H and O–H groups in total. The fourth-order valence-corrected chi connectivity index (χ4v) is 3.38. The van der Waals surface area contributed by atoms with Crippen LogP contribution in [-0.2, 0) is 11.3 Å². The molecule has 1 heterocycles. The van der Waals surface area contributed by atoms with E-state index >= 15 is 0 Å². The Labute approximate surface area is 124 Å². The van der Waals surface area contributed by atoms with Crippen molar-refractivity contribution in [2.24, 2.45) is 5.73 Å². The maximum absolute atomic E-state index is 11.2. The molecule has 0 spiro atoms. The Bertz CT molecular complexity index is 480. The molecule has 0 aliphatic heterocycles. The Hall–Kier alpha value is -1.30. The molecule has 1 aromatic heterocycles. The molecule has 6 heteroatoms. The summed E-state index contributed by atoms with van der Waals surface area (Å²) in [5.74, 6) is 1.18. The molecule has 1 fully saturated rings. The van der Waals surface area contributed by atoms with Crippen LogP contribution >= 0.6 is 11.8 Å². The van der Waals surface area contributed by atoms with Crippen LogP contribution in [0.15, 0.2) is 17.8 Å². The van der Waals surface area contributed by atoms with Crippen molar-refractivity contribution in [2.45, 2.75) is 61.9 Å². The number of thioether (sulfide) groups is 1. The second-order valence-corrected chi connectivity index (χ2v) is 6.55. The molecule has 1 atom stereocenters. The van der Waals surface area contributed by atoms with E-state index in [-0.39, 0.29) is 11.2 Å². The van der Waals surface area contributed by atoms with Gasteiger partial charge in [0.1, 0.15) is 5.82 Å². The van der Waals surface area contributed by atoms with Crippen molar-refractivity contribution in [1.29, 1.82) is 0 Å². The van der Waals surface area contributed by atoms with E-state index in [1.807, 2.05) is 6.08 Å². The average Bonchev–Trinajstić information content (AvgIpc) is 2.83. The zero-order valence-electron chi connectivity index (χ0n) is 11.9. The number of carbonyl (C=O) groups excluding carboxylic acids is 1. The van der Waals surface area contributed by atoms with Crippen LogP contribution < -0.4 is 5.73 Å². The number of aromatic nitrogens is 3. The molecule has 0 saturated heterocycles. The third kappa shape index (κ3) is 3.42. The van der Waals surface area contributed by atoms with Gasteiger partial charge in [0.15, 0.2) is 5.16 Å². The highest BCUT2D eigenvalue weighted by atomic mass is 32.2. The molecule has 20 heavy (non-hydrogen) atoms. The summed E-state index contributed by atoms with van der Waals surface area (Å²) in [6.45, 7) is 6.27. The molecular formula is C14H22N4OS. The normalized spacial score (nSPS) is 17.9. The quantitative estimate of drug-likeness (QED) is 0.646. The van der Waals surface area contributed by atoms with E-state index < -0.39 is 0 Å². The zero-order chi connectivity index (χ0) is 14.5. The van der Waals surface area contributed by atoms with Crippen molar-refractivity contribution in [3.05, 3.63) is 18.5 Å². The first-order chi connectivity index (χ1) is 9.63. The summed E-state index contributed by atoms with van der Waals surface area (Å²) >= 11 is 1.37. The summed E-state index contributed by atoms with van der Waals surface area (Å²) in [6.07, 6.45) is 8.01. The summed E-state index contributed by atoms with van der Waals surface area (Å²) in [6, 6.07) is 0. The van der Waals surface area contributed by atoms with Gasteiger partial charge in [0.2, 0.25) is 5.91 Å². The predicted octanol–water partition coefficient (Wildman–Crippen LogP) is 2.48. The number of nitrogens with zero attached hydrogens (tertiary/aromatic N) is 3. The summed E-state index contributed by atoms with van der Waals surface area (Å²) in [5, 5.41) is 9.07. The Morgan fingerprint density at radius 3 is 2.80 bits per heavy atom. The number of allylic oxidation sites excluding steroid dienone is 1. The fourth-order valence-electron chi connectivity index (χ4n) is 2.57. The molecule has 0 unspecified atom stereocenters. The van der Waals surface area contributed by atoms with E-state index in [0.717, 1.165) is 11.0 Å². The zero-order valence-corrected chi connectivity index (χ0v) is 12.7. The number of rotatable bonds is 6. The molecule has 0 radical (unpaired) electrons. The predicted molar refractivity (Wildman–Crippen MR) is 80.6 cm³/mol. The van der Waals surface area contributed by atoms with Crippen LogP contribution in [0.1, 0.15) is 50.8 Å². The van der Waals surface area contributed by atoms with Crippen LogP contribution in [-0.4, -0.2) is 25.9 Å². The van der Waals surface area contributed by atoms with Crippen molar-refractivity contribution in [2.75, 3.05) is 0 Å². The summed E-state index contributed by atoms with van der Waals surface area (Å²) in [4.78, 5) is 11.2. The van der Waals surface area contributed by atoms with Crippen molar-refractivity contribution >= 4 is 17.7 Å². The standard InChI is InChI=1S/C14H22N4OS/c1-3-9-18-13(11-7-5-4-6-8-11)16-17-14(18)20-10(2)12(15)19/h3,10-11H,1,4-9H2,2H3,(H2,15,19)/t10-/m1/s1. The lowest BCUT2D eigenvalue weighted by atomic mass is 9.89. The first-order valence-electron chi connectivity index (χ1n) is 7.13.